The van der Waals surface area contributed by atoms with Crippen molar-refractivity contribution in [2.45, 2.75) is 32.8 Å². The molecule has 0 amide bonds. The lowest BCUT2D eigenvalue weighted by molar-refractivity contribution is 0.186. The lowest BCUT2D eigenvalue weighted by atomic mass is 10.1. The molecule has 0 bridgehead atoms. The number of aliphatic hydroxyl groups is 1. The Labute approximate surface area is 134 Å². The summed E-state index contributed by atoms with van der Waals surface area (Å²) in [6.45, 7) is 9.91. The third kappa shape index (κ3) is 6.31. The van der Waals surface area contributed by atoms with Crippen LogP contribution in [0.1, 0.15) is 37.0 Å². The quantitative estimate of drug-likeness (QED) is 0.336. The zero-order valence-corrected chi connectivity index (χ0v) is 14.0. The number of unbranched alkanes of at least 4 members (excludes halogenated alkanes) is 1. The maximum absolute atomic E-state index is 10.3. The Hall–Kier alpha value is -1.81. The molecule has 0 aliphatic rings. The topological polar surface area (TPSA) is 47.9 Å². The molecule has 1 atom stereocenters. The van der Waals surface area contributed by atoms with Crippen molar-refractivity contribution >= 4 is 5.96 Å². The number of nitrogens with zero attached hydrogens (tertiary/aromatic N) is 2. The van der Waals surface area contributed by atoms with E-state index in [9.17, 15) is 5.11 Å². The number of aliphatic hydroxyl groups excluding tert-OH is 1. The average molecular weight is 303 g/mol. The summed E-state index contributed by atoms with van der Waals surface area (Å²) in [5, 5.41) is 13.5. The Bertz CT molecular complexity index is 468. The van der Waals surface area contributed by atoms with Crippen molar-refractivity contribution < 1.29 is 5.11 Å². The lowest BCUT2D eigenvalue weighted by Gasteiger charge is -2.22. The normalized spacial score (nSPS) is 12.8. The minimum Gasteiger partial charge on any atom is -0.386 e. The Morgan fingerprint density at radius 1 is 1.41 bits per heavy atom. The van der Waals surface area contributed by atoms with Gasteiger partial charge in [-0.25, -0.2) is 0 Å². The van der Waals surface area contributed by atoms with E-state index in [1.54, 1.807) is 0 Å². The first-order valence-corrected chi connectivity index (χ1v) is 7.93. The number of aryl methyl sites for hydroxylation is 1. The molecular weight excluding hydrogens is 274 g/mol. The van der Waals surface area contributed by atoms with Gasteiger partial charge in [-0.3, -0.25) is 4.99 Å². The fourth-order valence-electron chi connectivity index (χ4n) is 2.12. The molecule has 4 nitrogen and oxygen atoms in total. The van der Waals surface area contributed by atoms with Crippen LogP contribution in [0.15, 0.2) is 41.9 Å². The number of allylic oxidation sites excluding steroid dienone is 1. The van der Waals surface area contributed by atoms with E-state index in [-0.39, 0.29) is 0 Å². The van der Waals surface area contributed by atoms with Crippen molar-refractivity contribution in [2.75, 3.05) is 26.7 Å². The summed E-state index contributed by atoms with van der Waals surface area (Å²) in [5.41, 5.74) is 2.09. The predicted molar refractivity (Wildman–Crippen MR) is 94.2 cm³/mol. The number of aliphatic imine (C=N–C) groups is 1. The SMILES string of the molecule is C=CCCCN(C)C(=NCC(O)c1ccc(C)cc1)NCC. The molecule has 0 fully saturated rings. The standard InChI is InChI=1S/C18H29N3O/c1-5-7-8-13-21(4)18(19-6-2)20-14-17(22)16-11-9-15(3)10-12-16/h5,9-12,17,22H,1,6-8,13-14H2,2-4H3,(H,19,20). The Balaban J connectivity index is 2.63. The van der Waals surface area contributed by atoms with Crippen LogP contribution in [-0.4, -0.2) is 42.6 Å². The molecule has 1 aromatic carbocycles. The molecule has 1 rings (SSSR count). The van der Waals surface area contributed by atoms with Gasteiger partial charge in [0.05, 0.1) is 12.6 Å². The van der Waals surface area contributed by atoms with Crippen molar-refractivity contribution in [3.8, 4) is 0 Å². The van der Waals surface area contributed by atoms with Crippen LogP contribution in [-0.2, 0) is 0 Å². The first-order valence-electron chi connectivity index (χ1n) is 7.93. The number of nitrogens with one attached hydrogen (secondary N) is 1. The Morgan fingerprint density at radius 3 is 2.68 bits per heavy atom. The minimum atomic E-state index is -0.573. The summed E-state index contributed by atoms with van der Waals surface area (Å²) < 4.78 is 0. The highest BCUT2D eigenvalue weighted by atomic mass is 16.3. The third-order valence-corrected chi connectivity index (χ3v) is 3.47. The van der Waals surface area contributed by atoms with Crippen molar-refractivity contribution in [3.05, 3.63) is 48.0 Å². The van der Waals surface area contributed by atoms with E-state index in [1.807, 2.05) is 51.2 Å². The molecule has 4 heteroatoms. The molecule has 0 radical (unpaired) electrons. The van der Waals surface area contributed by atoms with Crippen LogP contribution in [0, 0.1) is 6.92 Å². The molecule has 0 aliphatic carbocycles. The summed E-state index contributed by atoms with van der Waals surface area (Å²) in [5.74, 6) is 0.831. The van der Waals surface area contributed by atoms with Gasteiger partial charge in [0.2, 0.25) is 0 Å². The van der Waals surface area contributed by atoms with Crippen LogP contribution < -0.4 is 5.32 Å². The molecule has 122 valence electrons. The Kier molecular flexibility index (Phi) is 8.30. The van der Waals surface area contributed by atoms with Gasteiger partial charge in [0.1, 0.15) is 0 Å². The van der Waals surface area contributed by atoms with E-state index in [2.05, 4.69) is 21.8 Å². The van der Waals surface area contributed by atoms with E-state index in [1.165, 1.54) is 5.56 Å². The molecular formula is C18H29N3O. The van der Waals surface area contributed by atoms with Crippen molar-refractivity contribution in [1.29, 1.82) is 0 Å². The molecule has 1 unspecified atom stereocenters. The summed E-state index contributed by atoms with van der Waals surface area (Å²) in [4.78, 5) is 6.64. The van der Waals surface area contributed by atoms with Crippen LogP contribution in [0.3, 0.4) is 0 Å². The number of hydrogen-bond acceptors (Lipinski definition) is 2. The summed E-state index contributed by atoms with van der Waals surface area (Å²) in [6, 6.07) is 7.93. The highest BCUT2D eigenvalue weighted by Crippen LogP contribution is 2.14. The molecule has 2 N–H and O–H groups in total. The van der Waals surface area contributed by atoms with Gasteiger partial charge in [-0.05, 0) is 32.3 Å². The largest absolute Gasteiger partial charge is 0.386 e. The second-order valence-corrected chi connectivity index (χ2v) is 5.47. The zero-order valence-electron chi connectivity index (χ0n) is 14.0. The van der Waals surface area contributed by atoms with Crippen LogP contribution in [0.5, 0.6) is 0 Å². The van der Waals surface area contributed by atoms with Gasteiger partial charge in [0.25, 0.3) is 0 Å². The molecule has 0 aromatic heterocycles. The van der Waals surface area contributed by atoms with Gasteiger partial charge in [0, 0.05) is 20.1 Å². The summed E-state index contributed by atoms with van der Waals surface area (Å²) in [6.07, 6.45) is 3.40. The van der Waals surface area contributed by atoms with E-state index in [0.29, 0.717) is 6.54 Å². The molecule has 0 aliphatic heterocycles. The zero-order chi connectivity index (χ0) is 16.4. The molecule has 0 heterocycles. The fourth-order valence-corrected chi connectivity index (χ4v) is 2.12. The predicted octanol–water partition coefficient (Wildman–Crippen LogP) is 2.89. The second kappa shape index (κ2) is 10.0. The van der Waals surface area contributed by atoms with Crippen LogP contribution in [0.2, 0.25) is 0 Å². The van der Waals surface area contributed by atoms with Crippen molar-refractivity contribution in [1.82, 2.24) is 10.2 Å². The van der Waals surface area contributed by atoms with Gasteiger partial charge >= 0.3 is 0 Å². The first kappa shape index (κ1) is 18.2. The van der Waals surface area contributed by atoms with Crippen LogP contribution in [0.25, 0.3) is 0 Å². The molecule has 0 saturated heterocycles. The van der Waals surface area contributed by atoms with Gasteiger partial charge in [-0.2, -0.15) is 0 Å². The summed E-state index contributed by atoms with van der Waals surface area (Å²) >= 11 is 0. The molecule has 22 heavy (non-hydrogen) atoms. The smallest absolute Gasteiger partial charge is 0.193 e. The fraction of sp³-hybridized carbons (Fsp3) is 0.500. The minimum absolute atomic E-state index is 0.358. The number of rotatable bonds is 8. The number of benzene rings is 1. The van der Waals surface area contributed by atoms with E-state index < -0.39 is 6.10 Å². The van der Waals surface area contributed by atoms with Crippen molar-refractivity contribution in [3.63, 3.8) is 0 Å². The maximum Gasteiger partial charge on any atom is 0.193 e. The highest BCUT2D eigenvalue weighted by molar-refractivity contribution is 5.79. The highest BCUT2D eigenvalue weighted by Gasteiger charge is 2.09. The Morgan fingerprint density at radius 2 is 2.09 bits per heavy atom. The van der Waals surface area contributed by atoms with Gasteiger partial charge in [-0.15, -0.1) is 6.58 Å². The van der Waals surface area contributed by atoms with E-state index in [4.69, 9.17) is 0 Å². The average Bonchev–Trinajstić information content (AvgIpc) is 2.52. The van der Waals surface area contributed by atoms with Gasteiger partial charge in [0.15, 0.2) is 5.96 Å². The molecule has 0 saturated carbocycles. The van der Waals surface area contributed by atoms with Crippen LogP contribution >= 0.6 is 0 Å². The summed E-state index contributed by atoms with van der Waals surface area (Å²) in [7, 11) is 2.02. The van der Waals surface area contributed by atoms with Gasteiger partial charge < -0.3 is 15.3 Å². The number of hydrogen-bond donors (Lipinski definition) is 2. The van der Waals surface area contributed by atoms with Crippen LogP contribution in [0.4, 0.5) is 0 Å². The molecule has 0 spiro atoms. The van der Waals surface area contributed by atoms with Gasteiger partial charge in [-0.1, -0.05) is 35.9 Å². The second-order valence-electron chi connectivity index (χ2n) is 5.47. The first-order chi connectivity index (χ1) is 10.6. The van der Waals surface area contributed by atoms with Crippen molar-refractivity contribution in [2.24, 2.45) is 4.99 Å². The van der Waals surface area contributed by atoms with E-state index >= 15 is 0 Å². The monoisotopic (exact) mass is 303 g/mol. The third-order valence-electron chi connectivity index (χ3n) is 3.47. The number of guanidine groups is 1. The lowest BCUT2D eigenvalue weighted by Crippen LogP contribution is -2.39. The van der Waals surface area contributed by atoms with E-state index in [0.717, 1.165) is 37.5 Å². The molecule has 1 aromatic rings. The maximum atomic E-state index is 10.3.